The van der Waals surface area contributed by atoms with Gasteiger partial charge in [-0.2, -0.15) is 4.98 Å². The van der Waals surface area contributed by atoms with Crippen LogP contribution in [0, 0.1) is 6.92 Å². The molecule has 0 spiro atoms. The van der Waals surface area contributed by atoms with Gasteiger partial charge in [-0.25, -0.2) is 4.98 Å². The molecule has 1 unspecified atom stereocenters. The molecule has 1 atom stereocenters. The van der Waals surface area contributed by atoms with Crippen molar-refractivity contribution in [1.82, 2.24) is 9.97 Å². The minimum atomic E-state index is -0.768. The molecule has 2 N–H and O–H groups in total. The van der Waals surface area contributed by atoms with E-state index in [1.165, 1.54) is 0 Å². The number of carboxylic acid groups (broad SMARTS) is 1. The maximum absolute atomic E-state index is 10.4. The van der Waals surface area contributed by atoms with Crippen LogP contribution in [0.4, 0.5) is 5.95 Å². The van der Waals surface area contributed by atoms with Crippen molar-refractivity contribution in [2.24, 2.45) is 0 Å². The first-order valence-electron chi connectivity index (χ1n) is 5.89. The highest BCUT2D eigenvalue weighted by Crippen LogP contribution is 2.13. The molecule has 0 radical (unpaired) electrons. The lowest BCUT2D eigenvalue weighted by Gasteiger charge is -2.14. The first-order chi connectivity index (χ1) is 8.51. The maximum atomic E-state index is 10.4. The molecular weight excluding hydrogens is 234 g/mol. The zero-order valence-corrected chi connectivity index (χ0v) is 10.9. The Morgan fingerprint density at radius 2 is 2.28 bits per heavy atom. The van der Waals surface area contributed by atoms with Gasteiger partial charge in [-0.3, -0.25) is 4.79 Å². The molecule has 1 aromatic heterocycles. The third kappa shape index (κ3) is 4.99. The number of aliphatic carboxylic acids is 1. The van der Waals surface area contributed by atoms with Crippen LogP contribution in [0.2, 0.25) is 0 Å². The fourth-order valence-electron chi connectivity index (χ4n) is 1.56. The van der Waals surface area contributed by atoms with Gasteiger partial charge in [-0.05, 0) is 26.7 Å². The normalized spacial score (nSPS) is 11.9. The zero-order chi connectivity index (χ0) is 13.5. The molecule has 1 rings (SSSR count). The summed E-state index contributed by atoms with van der Waals surface area (Å²) in [5.41, 5.74) is 0.821. The summed E-state index contributed by atoms with van der Waals surface area (Å²) in [4.78, 5) is 18.8. The van der Waals surface area contributed by atoms with E-state index in [1.807, 2.05) is 13.8 Å². The lowest BCUT2D eigenvalue weighted by atomic mass is 10.1. The summed E-state index contributed by atoms with van der Waals surface area (Å²) >= 11 is 0. The molecule has 0 bridgehead atoms. The van der Waals surface area contributed by atoms with Crippen molar-refractivity contribution in [2.75, 3.05) is 12.4 Å². The number of carboxylic acids is 1. The molecule has 6 heteroatoms. The van der Waals surface area contributed by atoms with Crippen molar-refractivity contribution in [3.05, 3.63) is 11.8 Å². The van der Waals surface area contributed by atoms with Crippen LogP contribution in [0.25, 0.3) is 0 Å². The van der Waals surface area contributed by atoms with E-state index in [-0.39, 0.29) is 12.5 Å². The average molecular weight is 253 g/mol. The first-order valence-corrected chi connectivity index (χ1v) is 5.89. The average Bonchev–Trinajstić information content (AvgIpc) is 2.27. The second-order valence-electron chi connectivity index (χ2n) is 4.21. The smallest absolute Gasteiger partial charge is 0.303 e. The Balaban J connectivity index is 2.50. The van der Waals surface area contributed by atoms with Crippen molar-refractivity contribution in [1.29, 1.82) is 0 Å². The van der Waals surface area contributed by atoms with Crippen LogP contribution in [-0.4, -0.2) is 34.2 Å². The molecular formula is C12H19N3O3. The standard InChI is InChI=1S/C12H19N3O3/c1-8(5-4-6-11(16)17)13-12-14-9(2)7-10(15-12)18-3/h7-8H,4-6H2,1-3H3,(H,16,17)(H,13,14,15). The van der Waals surface area contributed by atoms with Crippen molar-refractivity contribution >= 4 is 11.9 Å². The van der Waals surface area contributed by atoms with Crippen LogP contribution < -0.4 is 10.1 Å². The number of nitrogens with one attached hydrogen (secondary N) is 1. The lowest BCUT2D eigenvalue weighted by Crippen LogP contribution is -2.17. The van der Waals surface area contributed by atoms with Crippen LogP contribution >= 0.6 is 0 Å². The van der Waals surface area contributed by atoms with E-state index in [1.54, 1.807) is 13.2 Å². The lowest BCUT2D eigenvalue weighted by molar-refractivity contribution is -0.137. The maximum Gasteiger partial charge on any atom is 0.303 e. The number of anilines is 1. The predicted octanol–water partition coefficient (Wildman–Crippen LogP) is 1.85. The molecule has 0 aliphatic heterocycles. The van der Waals surface area contributed by atoms with Gasteiger partial charge in [0.1, 0.15) is 0 Å². The molecule has 0 fully saturated rings. The van der Waals surface area contributed by atoms with Crippen LogP contribution in [0.15, 0.2) is 6.07 Å². The predicted molar refractivity (Wildman–Crippen MR) is 67.9 cm³/mol. The minimum absolute atomic E-state index is 0.121. The monoisotopic (exact) mass is 253 g/mol. The van der Waals surface area contributed by atoms with Crippen molar-refractivity contribution in [2.45, 2.75) is 39.2 Å². The van der Waals surface area contributed by atoms with Gasteiger partial charge < -0.3 is 15.2 Å². The van der Waals surface area contributed by atoms with Gasteiger partial charge in [-0.15, -0.1) is 0 Å². The Morgan fingerprint density at radius 1 is 1.56 bits per heavy atom. The van der Waals surface area contributed by atoms with Gasteiger partial charge in [0.25, 0.3) is 0 Å². The van der Waals surface area contributed by atoms with Gasteiger partial charge in [0.2, 0.25) is 11.8 Å². The second kappa shape index (κ2) is 6.78. The summed E-state index contributed by atoms with van der Waals surface area (Å²) in [6.07, 6.45) is 1.57. The van der Waals surface area contributed by atoms with E-state index in [4.69, 9.17) is 9.84 Å². The number of aryl methyl sites for hydroxylation is 1. The van der Waals surface area contributed by atoms with Gasteiger partial charge in [0, 0.05) is 24.2 Å². The van der Waals surface area contributed by atoms with Crippen LogP contribution in [0.1, 0.15) is 31.9 Å². The summed E-state index contributed by atoms with van der Waals surface area (Å²) in [6.45, 7) is 3.84. The van der Waals surface area contributed by atoms with E-state index < -0.39 is 5.97 Å². The van der Waals surface area contributed by atoms with Crippen molar-refractivity contribution < 1.29 is 14.6 Å². The molecule has 0 aromatic carbocycles. The minimum Gasteiger partial charge on any atom is -0.481 e. The van der Waals surface area contributed by atoms with E-state index in [0.717, 1.165) is 12.1 Å². The molecule has 6 nitrogen and oxygen atoms in total. The number of carbonyl (C=O) groups is 1. The molecule has 18 heavy (non-hydrogen) atoms. The SMILES string of the molecule is COc1cc(C)nc(NC(C)CCCC(=O)O)n1. The summed E-state index contributed by atoms with van der Waals surface area (Å²) in [5.74, 6) is 0.257. The highest BCUT2D eigenvalue weighted by molar-refractivity contribution is 5.66. The topological polar surface area (TPSA) is 84.3 Å². The Hall–Kier alpha value is -1.85. The van der Waals surface area contributed by atoms with E-state index in [0.29, 0.717) is 18.2 Å². The number of rotatable bonds is 7. The second-order valence-corrected chi connectivity index (χ2v) is 4.21. The number of methoxy groups -OCH3 is 1. The van der Waals surface area contributed by atoms with E-state index in [2.05, 4.69) is 15.3 Å². The molecule has 0 aliphatic carbocycles. The number of aromatic nitrogens is 2. The van der Waals surface area contributed by atoms with E-state index in [9.17, 15) is 4.79 Å². The Morgan fingerprint density at radius 3 is 2.89 bits per heavy atom. The fraction of sp³-hybridized carbons (Fsp3) is 0.583. The summed E-state index contributed by atoms with van der Waals surface area (Å²) < 4.78 is 5.06. The fourth-order valence-corrected chi connectivity index (χ4v) is 1.56. The molecule has 100 valence electrons. The molecule has 1 aromatic rings. The van der Waals surface area contributed by atoms with Gasteiger partial charge in [-0.1, -0.05) is 0 Å². The summed E-state index contributed by atoms with van der Waals surface area (Å²) in [5, 5.41) is 11.7. The number of nitrogens with zero attached hydrogens (tertiary/aromatic N) is 2. The highest BCUT2D eigenvalue weighted by Gasteiger charge is 2.07. The largest absolute Gasteiger partial charge is 0.481 e. The molecule has 0 saturated carbocycles. The summed E-state index contributed by atoms with van der Waals surface area (Å²) in [6, 6.07) is 1.87. The van der Waals surface area contributed by atoms with Crippen LogP contribution in [0.3, 0.4) is 0 Å². The zero-order valence-electron chi connectivity index (χ0n) is 10.9. The number of hydrogen-bond acceptors (Lipinski definition) is 5. The first kappa shape index (κ1) is 14.2. The molecule has 0 saturated heterocycles. The van der Waals surface area contributed by atoms with Crippen LogP contribution in [-0.2, 0) is 4.79 Å². The van der Waals surface area contributed by atoms with Crippen molar-refractivity contribution in [3.8, 4) is 5.88 Å². The Bertz CT molecular complexity index is 410. The van der Waals surface area contributed by atoms with Gasteiger partial charge in [0.15, 0.2) is 0 Å². The number of hydrogen-bond donors (Lipinski definition) is 2. The quantitative estimate of drug-likeness (QED) is 0.771. The molecule has 0 aliphatic rings. The Kier molecular flexibility index (Phi) is 5.35. The van der Waals surface area contributed by atoms with Crippen LogP contribution in [0.5, 0.6) is 5.88 Å². The van der Waals surface area contributed by atoms with Gasteiger partial charge in [0.05, 0.1) is 7.11 Å². The number of ether oxygens (including phenoxy) is 1. The molecule has 0 amide bonds. The molecule has 1 heterocycles. The van der Waals surface area contributed by atoms with Crippen molar-refractivity contribution in [3.63, 3.8) is 0 Å². The third-order valence-corrected chi connectivity index (χ3v) is 2.44. The van der Waals surface area contributed by atoms with Gasteiger partial charge >= 0.3 is 5.97 Å². The highest BCUT2D eigenvalue weighted by atomic mass is 16.5. The Labute approximate surface area is 106 Å². The third-order valence-electron chi connectivity index (χ3n) is 2.44. The summed E-state index contributed by atoms with van der Waals surface area (Å²) in [7, 11) is 1.56. The van der Waals surface area contributed by atoms with E-state index >= 15 is 0 Å².